The van der Waals surface area contributed by atoms with E-state index in [1.165, 1.54) is 29.3 Å². The highest BCUT2D eigenvalue weighted by Gasteiger charge is 2.15. The summed E-state index contributed by atoms with van der Waals surface area (Å²) >= 11 is 3.60. The third-order valence-corrected chi connectivity index (χ3v) is 4.23. The smallest absolute Gasteiger partial charge is 0.0178 e. The van der Waals surface area contributed by atoms with Crippen LogP contribution in [-0.4, -0.2) is 13.1 Å². The Morgan fingerprint density at radius 1 is 1.15 bits per heavy atom. The molecular weight excluding hydrogens is 310 g/mol. The second kappa shape index (κ2) is 9.57. The van der Waals surface area contributed by atoms with E-state index in [1.54, 1.807) is 0 Å². The van der Waals surface area contributed by atoms with Crippen LogP contribution >= 0.6 is 15.9 Å². The minimum atomic E-state index is 0.618. The average molecular weight is 340 g/mol. The molecule has 1 aromatic carbocycles. The van der Waals surface area contributed by atoms with E-state index in [0.29, 0.717) is 11.8 Å². The standard InChI is InChI=1S/C18H30BrN/c1-5-7-15(4)10-17(13-20-12-14(2)3)16-8-6-9-18(19)11-16/h6,8-9,11,14-15,17,20H,5,7,10,12-13H2,1-4H3. The Hall–Kier alpha value is -0.340. The number of hydrogen-bond acceptors (Lipinski definition) is 1. The SMILES string of the molecule is CCCC(C)CC(CNCC(C)C)c1cccc(Br)c1. The van der Waals surface area contributed by atoms with Gasteiger partial charge in [0.1, 0.15) is 0 Å². The van der Waals surface area contributed by atoms with Gasteiger partial charge in [-0.1, -0.05) is 68.6 Å². The summed E-state index contributed by atoms with van der Waals surface area (Å²) in [6.45, 7) is 11.4. The summed E-state index contributed by atoms with van der Waals surface area (Å²) in [4.78, 5) is 0. The van der Waals surface area contributed by atoms with Crippen molar-refractivity contribution >= 4 is 15.9 Å². The van der Waals surface area contributed by atoms with E-state index in [-0.39, 0.29) is 0 Å². The fourth-order valence-electron chi connectivity index (χ4n) is 2.74. The highest BCUT2D eigenvalue weighted by Crippen LogP contribution is 2.27. The third-order valence-electron chi connectivity index (χ3n) is 3.73. The number of hydrogen-bond donors (Lipinski definition) is 1. The van der Waals surface area contributed by atoms with Crippen LogP contribution in [0.3, 0.4) is 0 Å². The lowest BCUT2D eigenvalue weighted by molar-refractivity contribution is 0.412. The van der Waals surface area contributed by atoms with Crippen molar-refractivity contribution in [3.8, 4) is 0 Å². The first kappa shape index (κ1) is 17.7. The molecule has 1 aromatic rings. The lowest BCUT2D eigenvalue weighted by Gasteiger charge is -2.22. The second-order valence-electron chi connectivity index (χ2n) is 6.43. The van der Waals surface area contributed by atoms with Crippen LogP contribution in [0.1, 0.15) is 58.4 Å². The molecule has 20 heavy (non-hydrogen) atoms. The van der Waals surface area contributed by atoms with Crippen molar-refractivity contribution in [1.29, 1.82) is 0 Å². The third kappa shape index (κ3) is 6.90. The summed E-state index contributed by atoms with van der Waals surface area (Å²) in [6.07, 6.45) is 3.88. The Morgan fingerprint density at radius 2 is 1.90 bits per heavy atom. The molecule has 1 nitrogen and oxygen atoms in total. The first-order valence-corrected chi connectivity index (χ1v) is 8.78. The maximum atomic E-state index is 3.64. The van der Waals surface area contributed by atoms with Gasteiger partial charge >= 0.3 is 0 Å². The van der Waals surface area contributed by atoms with E-state index in [9.17, 15) is 0 Å². The molecule has 2 heteroatoms. The summed E-state index contributed by atoms with van der Waals surface area (Å²) in [6, 6.07) is 8.81. The van der Waals surface area contributed by atoms with Crippen LogP contribution in [0, 0.1) is 11.8 Å². The van der Waals surface area contributed by atoms with Gasteiger partial charge in [0, 0.05) is 11.0 Å². The quantitative estimate of drug-likeness (QED) is 0.616. The zero-order valence-corrected chi connectivity index (χ0v) is 15.0. The summed E-state index contributed by atoms with van der Waals surface area (Å²) in [7, 11) is 0. The molecule has 2 unspecified atom stereocenters. The fraction of sp³-hybridized carbons (Fsp3) is 0.667. The monoisotopic (exact) mass is 339 g/mol. The van der Waals surface area contributed by atoms with Crippen molar-refractivity contribution in [3.63, 3.8) is 0 Å². The van der Waals surface area contributed by atoms with Crippen molar-refractivity contribution in [1.82, 2.24) is 5.32 Å². The molecule has 1 N–H and O–H groups in total. The molecule has 1 rings (SSSR count). The van der Waals surface area contributed by atoms with Gasteiger partial charge in [0.05, 0.1) is 0 Å². The van der Waals surface area contributed by atoms with Gasteiger partial charge in [0.25, 0.3) is 0 Å². The van der Waals surface area contributed by atoms with Crippen LogP contribution in [0.5, 0.6) is 0 Å². The fourth-order valence-corrected chi connectivity index (χ4v) is 3.16. The Morgan fingerprint density at radius 3 is 2.50 bits per heavy atom. The van der Waals surface area contributed by atoms with Crippen LogP contribution in [0.4, 0.5) is 0 Å². The van der Waals surface area contributed by atoms with E-state index in [2.05, 4.69) is 73.2 Å². The zero-order chi connectivity index (χ0) is 15.0. The molecule has 114 valence electrons. The van der Waals surface area contributed by atoms with Gasteiger partial charge in [0.15, 0.2) is 0 Å². The summed E-state index contributed by atoms with van der Waals surface area (Å²) in [5, 5.41) is 3.64. The molecule has 0 fully saturated rings. The molecule has 0 aliphatic heterocycles. The van der Waals surface area contributed by atoms with Crippen molar-refractivity contribution in [2.45, 2.75) is 52.9 Å². The highest BCUT2D eigenvalue weighted by atomic mass is 79.9. The first-order valence-electron chi connectivity index (χ1n) is 7.99. The highest BCUT2D eigenvalue weighted by molar-refractivity contribution is 9.10. The van der Waals surface area contributed by atoms with E-state index < -0.39 is 0 Å². The maximum Gasteiger partial charge on any atom is 0.0178 e. The van der Waals surface area contributed by atoms with Gasteiger partial charge in [0.2, 0.25) is 0 Å². The number of halogens is 1. The van der Waals surface area contributed by atoms with E-state index >= 15 is 0 Å². The predicted molar refractivity (Wildman–Crippen MR) is 93.3 cm³/mol. The van der Waals surface area contributed by atoms with Gasteiger partial charge in [-0.05, 0) is 48.4 Å². The molecular formula is C18H30BrN. The van der Waals surface area contributed by atoms with Crippen molar-refractivity contribution < 1.29 is 0 Å². The second-order valence-corrected chi connectivity index (χ2v) is 7.35. The van der Waals surface area contributed by atoms with Crippen LogP contribution in [-0.2, 0) is 0 Å². The van der Waals surface area contributed by atoms with Gasteiger partial charge in [-0.25, -0.2) is 0 Å². The van der Waals surface area contributed by atoms with Crippen LogP contribution in [0.25, 0.3) is 0 Å². The number of rotatable bonds is 9. The predicted octanol–water partition coefficient (Wildman–Crippen LogP) is 5.60. The molecule has 0 aromatic heterocycles. The summed E-state index contributed by atoms with van der Waals surface area (Å²) < 4.78 is 1.19. The molecule has 0 saturated heterocycles. The van der Waals surface area contributed by atoms with E-state index in [4.69, 9.17) is 0 Å². The van der Waals surface area contributed by atoms with Crippen LogP contribution in [0.2, 0.25) is 0 Å². The van der Waals surface area contributed by atoms with Gasteiger partial charge in [-0.3, -0.25) is 0 Å². The van der Waals surface area contributed by atoms with Gasteiger partial charge in [-0.2, -0.15) is 0 Å². The van der Waals surface area contributed by atoms with Crippen molar-refractivity contribution in [2.75, 3.05) is 13.1 Å². The van der Waals surface area contributed by atoms with Crippen LogP contribution in [0.15, 0.2) is 28.7 Å². The maximum absolute atomic E-state index is 3.64. The lowest BCUT2D eigenvalue weighted by Crippen LogP contribution is -2.26. The molecule has 0 aliphatic rings. The Bertz CT molecular complexity index is 375. The number of benzene rings is 1. The molecule has 0 aliphatic carbocycles. The molecule has 2 atom stereocenters. The first-order chi connectivity index (χ1) is 9.52. The Balaban J connectivity index is 2.67. The minimum absolute atomic E-state index is 0.618. The lowest BCUT2D eigenvalue weighted by atomic mass is 9.87. The zero-order valence-electron chi connectivity index (χ0n) is 13.5. The largest absolute Gasteiger partial charge is 0.316 e. The van der Waals surface area contributed by atoms with E-state index in [0.717, 1.165) is 19.0 Å². The van der Waals surface area contributed by atoms with Crippen molar-refractivity contribution in [3.05, 3.63) is 34.3 Å². The van der Waals surface area contributed by atoms with Crippen LogP contribution < -0.4 is 5.32 Å². The molecule has 0 bridgehead atoms. The molecule has 0 spiro atoms. The normalized spacial score (nSPS) is 14.5. The molecule has 0 saturated carbocycles. The van der Waals surface area contributed by atoms with Crippen molar-refractivity contribution in [2.24, 2.45) is 11.8 Å². The topological polar surface area (TPSA) is 12.0 Å². The van der Waals surface area contributed by atoms with E-state index in [1.807, 2.05) is 0 Å². The van der Waals surface area contributed by atoms with Gasteiger partial charge in [-0.15, -0.1) is 0 Å². The average Bonchev–Trinajstić information content (AvgIpc) is 2.37. The summed E-state index contributed by atoms with van der Waals surface area (Å²) in [5.41, 5.74) is 1.46. The molecule has 0 radical (unpaired) electrons. The minimum Gasteiger partial charge on any atom is -0.316 e. The number of nitrogens with one attached hydrogen (secondary N) is 1. The molecule has 0 amide bonds. The van der Waals surface area contributed by atoms with Gasteiger partial charge < -0.3 is 5.32 Å². The Labute approximate surface area is 133 Å². The Kier molecular flexibility index (Phi) is 8.47. The molecule has 0 heterocycles. The summed E-state index contributed by atoms with van der Waals surface area (Å²) in [5.74, 6) is 2.13.